The molecule has 1 aromatic carbocycles. The van der Waals surface area contributed by atoms with Gasteiger partial charge in [0.25, 0.3) is 0 Å². The zero-order valence-electron chi connectivity index (χ0n) is 14.2. The van der Waals surface area contributed by atoms with Crippen LogP contribution in [0.4, 0.5) is 11.8 Å². The number of anilines is 2. The summed E-state index contributed by atoms with van der Waals surface area (Å²) >= 11 is 0. The Morgan fingerprint density at radius 2 is 1.92 bits per heavy atom. The lowest BCUT2D eigenvalue weighted by Crippen LogP contribution is -2.12. The minimum atomic E-state index is 0.564. The molecule has 126 valence electrons. The summed E-state index contributed by atoms with van der Waals surface area (Å²) in [7, 11) is 3.54. The minimum absolute atomic E-state index is 0.564. The van der Waals surface area contributed by atoms with E-state index in [4.69, 9.17) is 4.74 Å². The summed E-state index contributed by atoms with van der Waals surface area (Å²) in [5, 5.41) is 11.8. The Labute approximate surface area is 141 Å². The highest BCUT2D eigenvalue weighted by atomic mass is 16.5. The van der Waals surface area contributed by atoms with Gasteiger partial charge in [-0.05, 0) is 12.5 Å². The van der Waals surface area contributed by atoms with E-state index in [1.807, 2.05) is 7.05 Å². The van der Waals surface area contributed by atoms with Crippen LogP contribution in [0.2, 0.25) is 0 Å². The number of fused-ring (bicyclic) bond motifs is 1. The molecule has 24 heavy (non-hydrogen) atoms. The van der Waals surface area contributed by atoms with Crippen LogP contribution in [0.15, 0.2) is 30.5 Å². The molecular formula is C17H22N6O. The van der Waals surface area contributed by atoms with Crippen LogP contribution >= 0.6 is 0 Å². The van der Waals surface area contributed by atoms with Crippen molar-refractivity contribution in [3.05, 3.63) is 41.6 Å². The van der Waals surface area contributed by atoms with Crippen molar-refractivity contribution in [2.75, 3.05) is 30.9 Å². The summed E-state index contributed by atoms with van der Waals surface area (Å²) in [6.45, 7) is 4.02. The molecule has 0 aliphatic carbocycles. The number of rotatable bonds is 7. The lowest BCUT2D eigenvalue weighted by atomic mass is 10.1. The third-order valence-electron chi connectivity index (χ3n) is 3.76. The van der Waals surface area contributed by atoms with E-state index in [0.29, 0.717) is 25.6 Å². The summed E-state index contributed by atoms with van der Waals surface area (Å²) in [5.41, 5.74) is 3.24. The number of ether oxygens (including phenoxy) is 1. The third kappa shape index (κ3) is 3.62. The van der Waals surface area contributed by atoms with Crippen LogP contribution in [0.3, 0.4) is 0 Å². The summed E-state index contributed by atoms with van der Waals surface area (Å²) in [6, 6.07) is 8.44. The van der Waals surface area contributed by atoms with E-state index in [1.54, 1.807) is 18.0 Å². The molecule has 0 radical (unpaired) electrons. The zero-order valence-corrected chi connectivity index (χ0v) is 14.2. The Morgan fingerprint density at radius 1 is 1.12 bits per heavy atom. The van der Waals surface area contributed by atoms with E-state index in [-0.39, 0.29) is 0 Å². The van der Waals surface area contributed by atoms with Crippen LogP contribution in [0, 0.1) is 6.92 Å². The number of hydrogen-bond donors (Lipinski definition) is 2. The highest BCUT2D eigenvalue weighted by Gasteiger charge is 2.11. The van der Waals surface area contributed by atoms with Gasteiger partial charge in [-0.25, -0.2) is 0 Å². The lowest BCUT2D eigenvalue weighted by molar-refractivity contribution is 0.210. The number of nitrogens with one attached hydrogen (secondary N) is 2. The Hall–Kier alpha value is -2.67. The second-order valence-corrected chi connectivity index (χ2v) is 5.66. The molecular weight excluding hydrogens is 304 g/mol. The standard InChI is InChI=1S/C17H22N6O/c1-12-4-6-13(7-5-12)10-19-15-14-11-20-23(2)16(14)22-17(21-15)18-8-9-24-3/h4-7,11H,8-10H2,1-3H3,(H2,18,19,21,22). The van der Waals surface area contributed by atoms with E-state index < -0.39 is 0 Å². The Kier molecular flexibility index (Phi) is 4.90. The van der Waals surface area contributed by atoms with Gasteiger partial charge in [-0.1, -0.05) is 29.8 Å². The second kappa shape index (κ2) is 7.27. The van der Waals surface area contributed by atoms with Crippen molar-refractivity contribution in [1.82, 2.24) is 19.7 Å². The average molecular weight is 326 g/mol. The predicted molar refractivity (Wildman–Crippen MR) is 95.2 cm³/mol. The van der Waals surface area contributed by atoms with Gasteiger partial charge in [-0.15, -0.1) is 0 Å². The summed E-state index contributed by atoms with van der Waals surface area (Å²) in [4.78, 5) is 9.09. The SMILES string of the molecule is COCCNc1nc(NCc2ccc(C)cc2)c2cnn(C)c2n1. The van der Waals surface area contributed by atoms with Crippen molar-refractivity contribution in [3.8, 4) is 0 Å². The lowest BCUT2D eigenvalue weighted by Gasteiger charge is -2.10. The van der Waals surface area contributed by atoms with E-state index in [2.05, 4.69) is 56.9 Å². The first-order valence-corrected chi connectivity index (χ1v) is 7.89. The average Bonchev–Trinajstić information content (AvgIpc) is 2.96. The molecule has 0 spiro atoms. The first kappa shape index (κ1) is 16.2. The molecule has 0 unspecified atom stereocenters. The van der Waals surface area contributed by atoms with E-state index in [9.17, 15) is 0 Å². The van der Waals surface area contributed by atoms with Crippen molar-refractivity contribution in [3.63, 3.8) is 0 Å². The fourth-order valence-corrected chi connectivity index (χ4v) is 2.39. The van der Waals surface area contributed by atoms with E-state index in [1.165, 1.54) is 11.1 Å². The Bertz CT molecular complexity index is 812. The third-order valence-corrected chi connectivity index (χ3v) is 3.76. The molecule has 3 aromatic rings. The molecule has 0 amide bonds. The van der Waals surface area contributed by atoms with Crippen LogP contribution < -0.4 is 10.6 Å². The fourth-order valence-electron chi connectivity index (χ4n) is 2.39. The van der Waals surface area contributed by atoms with Gasteiger partial charge >= 0.3 is 0 Å². The topological polar surface area (TPSA) is 76.9 Å². The number of nitrogens with zero attached hydrogens (tertiary/aromatic N) is 4. The highest BCUT2D eigenvalue weighted by Crippen LogP contribution is 2.22. The molecule has 0 saturated carbocycles. The summed E-state index contributed by atoms with van der Waals surface area (Å²) in [5.74, 6) is 1.34. The Balaban J connectivity index is 1.83. The molecule has 7 heteroatoms. The fraction of sp³-hybridized carbons (Fsp3) is 0.353. The van der Waals surface area contributed by atoms with Crippen LogP contribution in [-0.4, -0.2) is 40.0 Å². The molecule has 0 saturated heterocycles. The number of methoxy groups -OCH3 is 1. The molecule has 2 N–H and O–H groups in total. The zero-order chi connectivity index (χ0) is 16.9. The van der Waals surface area contributed by atoms with Gasteiger partial charge < -0.3 is 15.4 Å². The maximum Gasteiger partial charge on any atom is 0.226 e. The predicted octanol–water partition coefficient (Wildman–Crippen LogP) is 2.34. The minimum Gasteiger partial charge on any atom is -0.383 e. The van der Waals surface area contributed by atoms with Gasteiger partial charge in [0.2, 0.25) is 5.95 Å². The van der Waals surface area contributed by atoms with Crippen LogP contribution in [0.25, 0.3) is 11.0 Å². The van der Waals surface area contributed by atoms with Crippen LogP contribution in [-0.2, 0) is 18.3 Å². The molecule has 0 aliphatic rings. The van der Waals surface area contributed by atoms with Crippen molar-refractivity contribution in [1.29, 1.82) is 0 Å². The molecule has 0 fully saturated rings. The molecule has 7 nitrogen and oxygen atoms in total. The summed E-state index contributed by atoms with van der Waals surface area (Å²) < 4.78 is 6.80. The molecule has 2 aromatic heterocycles. The number of hydrogen-bond acceptors (Lipinski definition) is 6. The summed E-state index contributed by atoms with van der Waals surface area (Å²) in [6.07, 6.45) is 1.78. The molecule has 0 bridgehead atoms. The van der Waals surface area contributed by atoms with Gasteiger partial charge in [0, 0.05) is 27.2 Å². The monoisotopic (exact) mass is 326 g/mol. The van der Waals surface area contributed by atoms with Crippen molar-refractivity contribution >= 4 is 22.8 Å². The molecule has 0 aliphatic heterocycles. The van der Waals surface area contributed by atoms with Gasteiger partial charge in [0.1, 0.15) is 5.82 Å². The van der Waals surface area contributed by atoms with Crippen LogP contribution in [0.5, 0.6) is 0 Å². The van der Waals surface area contributed by atoms with E-state index >= 15 is 0 Å². The number of benzene rings is 1. The number of aryl methyl sites for hydroxylation is 2. The van der Waals surface area contributed by atoms with Crippen molar-refractivity contribution in [2.24, 2.45) is 7.05 Å². The second-order valence-electron chi connectivity index (χ2n) is 5.66. The van der Waals surface area contributed by atoms with Crippen LogP contribution in [0.1, 0.15) is 11.1 Å². The molecule has 2 heterocycles. The first-order valence-electron chi connectivity index (χ1n) is 7.89. The van der Waals surface area contributed by atoms with Gasteiger partial charge in [-0.2, -0.15) is 15.1 Å². The number of aromatic nitrogens is 4. The molecule has 0 atom stereocenters. The maximum atomic E-state index is 5.05. The largest absolute Gasteiger partial charge is 0.383 e. The highest BCUT2D eigenvalue weighted by molar-refractivity contribution is 5.87. The van der Waals surface area contributed by atoms with Gasteiger partial charge in [0.05, 0.1) is 18.2 Å². The molecule has 3 rings (SSSR count). The first-order chi connectivity index (χ1) is 11.7. The van der Waals surface area contributed by atoms with E-state index in [0.717, 1.165) is 16.9 Å². The maximum absolute atomic E-state index is 5.05. The van der Waals surface area contributed by atoms with Gasteiger partial charge in [0.15, 0.2) is 5.65 Å². The smallest absolute Gasteiger partial charge is 0.226 e. The van der Waals surface area contributed by atoms with Gasteiger partial charge in [-0.3, -0.25) is 4.68 Å². The normalized spacial score (nSPS) is 11.0. The quantitative estimate of drug-likeness (QED) is 0.649. The Morgan fingerprint density at radius 3 is 2.67 bits per heavy atom. The van der Waals surface area contributed by atoms with Crippen molar-refractivity contribution in [2.45, 2.75) is 13.5 Å². The van der Waals surface area contributed by atoms with Crippen molar-refractivity contribution < 1.29 is 4.74 Å².